The molecule has 6 heteroatoms. The monoisotopic (exact) mass is 278 g/mol. The van der Waals surface area contributed by atoms with Gasteiger partial charge in [0.25, 0.3) is 5.91 Å². The quantitative estimate of drug-likeness (QED) is 0.816. The molecule has 20 heavy (non-hydrogen) atoms. The van der Waals surface area contributed by atoms with Gasteiger partial charge in [-0.3, -0.25) is 9.59 Å². The first-order valence-electron chi connectivity index (χ1n) is 6.90. The van der Waals surface area contributed by atoms with Crippen LogP contribution in [-0.4, -0.2) is 47.1 Å². The van der Waals surface area contributed by atoms with Gasteiger partial charge in [-0.15, -0.1) is 0 Å². The van der Waals surface area contributed by atoms with Gasteiger partial charge in [-0.05, 0) is 30.9 Å². The van der Waals surface area contributed by atoms with E-state index < -0.39 is 5.60 Å². The molecular formula is C14H18N2O4. The molecule has 2 N–H and O–H groups in total. The van der Waals surface area contributed by atoms with Gasteiger partial charge in [0.05, 0.1) is 19.4 Å². The predicted molar refractivity (Wildman–Crippen MR) is 69.9 cm³/mol. The second-order valence-corrected chi connectivity index (χ2v) is 5.61. The minimum atomic E-state index is -0.646. The van der Waals surface area contributed by atoms with Crippen molar-refractivity contribution in [1.29, 1.82) is 0 Å². The summed E-state index contributed by atoms with van der Waals surface area (Å²) in [6, 6.07) is 3.21. The number of aliphatic hydroxyl groups is 1. The van der Waals surface area contributed by atoms with Gasteiger partial charge < -0.3 is 19.7 Å². The van der Waals surface area contributed by atoms with Crippen molar-refractivity contribution >= 4 is 11.8 Å². The molecule has 0 spiro atoms. The molecule has 0 radical (unpaired) electrons. The maximum absolute atomic E-state index is 11.9. The van der Waals surface area contributed by atoms with Crippen LogP contribution in [0.2, 0.25) is 0 Å². The van der Waals surface area contributed by atoms with Gasteiger partial charge >= 0.3 is 0 Å². The smallest absolute Gasteiger partial charge is 0.286 e. The van der Waals surface area contributed by atoms with Crippen LogP contribution in [0.15, 0.2) is 22.8 Å². The van der Waals surface area contributed by atoms with E-state index in [1.54, 1.807) is 17.0 Å². The third-order valence-corrected chi connectivity index (χ3v) is 3.99. The number of furan rings is 1. The van der Waals surface area contributed by atoms with E-state index in [1.165, 1.54) is 6.26 Å². The fourth-order valence-electron chi connectivity index (χ4n) is 2.61. The number of nitrogens with one attached hydrogen (secondary N) is 1. The van der Waals surface area contributed by atoms with Crippen LogP contribution >= 0.6 is 0 Å². The Morgan fingerprint density at radius 2 is 2.20 bits per heavy atom. The average Bonchev–Trinajstić information content (AvgIpc) is 3.10. The molecule has 1 saturated carbocycles. The van der Waals surface area contributed by atoms with E-state index in [0.717, 1.165) is 12.8 Å². The van der Waals surface area contributed by atoms with Crippen molar-refractivity contribution in [3.63, 3.8) is 0 Å². The molecule has 2 aliphatic rings. The van der Waals surface area contributed by atoms with Crippen molar-refractivity contribution in [1.82, 2.24) is 10.2 Å². The number of hydrogen-bond acceptors (Lipinski definition) is 4. The first kappa shape index (κ1) is 13.2. The lowest BCUT2D eigenvalue weighted by molar-refractivity contribution is -0.159. The number of hydrogen-bond donors (Lipinski definition) is 2. The van der Waals surface area contributed by atoms with Crippen LogP contribution in [0.25, 0.3) is 0 Å². The lowest BCUT2D eigenvalue weighted by Crippen LogP contribution is -2.64. The minimum Gasteiger partial charge on any atom is -0.459 e. The molecule has 2 fully saturated rings. The van der Waals surface area contributed by atoms with Crippen LogP contribution in [-0.2, 0) is 4.79 Å². The highest BCUT2D eigenvalue weighted by Gasteiger charge is 2.52. The Bertz CT molecular complexity index is 501. The number of likely N-dealkylation sites (tertiary alicyclic amines) is 1. The molecular weight excluding hydrogens is 260 g/mol. The van der Waals surface area contributed by atoms with Gasteiger partial charge in [-0.1, -0.05) is 0 Å². The van der Waals surface area contributed by atoms with Crippen molar-refractivity contribution in [2.45, 2.75) is 24.9 Å². The van der Waals surface area contributed by atoms with Gasteiger partial charge in [0, 0.05) is 13.0 Å². The van der Waals surface area contributed by atoms with Crippen molar-refractivity contribution in [2.75, 3.05) is 19.6 Å². The number of nitrogens with zero attached hydrogens (tertiary/aromatic N) is 1. The van der Waals surface area contributed by atoms with Crippen LogP contribution < -0.4 is 5.32 Å². The highest BCUT2D eigenvalue weighted by molar-refractivity contribution is 5.91. The fraction of sp³-hybridized carbons (Fsp3) is 0.571. The SMILES string of the molecule is O=C(NCCC(=O)N1CC(O)(C2CC2)C1)c1ccco1. The third kappa shape index (κ3) is 2.56. The summed E-state index contributed by atoms with van der Waals surface area (Å²) in [6.45, 7) is 1.14. The second kappa shape index (κ2) is 4.94. The van der Waals surface area contributed by atoms with E-state index in [0.29, 0.717) is 19.0 Å². The van der Waals surface area contributed by atoms with Gasteiger partial charge in [-0.2, -0.15) is 0 Å². The average molecular weight is 278 g/mol. The maximum atomic E-state index is 11.9. The molecule has 0 bridgehead atoms. The van der Waals surface area contributed by atoms with Gasteiger partial charge in [0.15, 0.2) is 5.76 Å². The van der Waals surface area contributed by atoms with Gasteiger partial charge in [0.2, 0.25) is 5.91 Å². The maximum Gasteiger partial charge on any atom is 0.286 e. The van der Waals surface area contributed by atoms with E-state index in [1.807, 2.05) is 0 Å². The zero-order chi connectivity index (χ0) is 14.2. The minimum absolute atomic E-state index is 0.0323. The molecule has 2 amide bonds. The van der Waals surface area contributed by atoms with E-state index in [9.17, 15) is 14.7 Å². The Morgan fingerprint density at radius 3 is 2.80 bits per heavy atom. The number of carbonyl (C=O) groups excluding carboxylic acids is 2. The third-order valence-electron chi connectivity index (χ3n) is 3.99. The molecule has 0 unspecified atom stereocenters. The number of carbonyl (C=O) groups is 2. The molecule has 0 atom stereocenters. The molecule has 1 saturated heterocycles. The standard InChI is InChI=1S/C14H18N2O4/c17-12(16-8-14(19,9-16)10-3-4-10)5-6-15-13(18)11-2-1-7-20-11/h1-2,7,10,19H,3-6,8-9H2,(H,15,18). The summed E-state index contributed by atoms with van der Waals surface area (Å²) in [5.41, 5.74) is -0.646. The normalized spacial score (nSPS) is 20.4. The van der Waals surface area contributed by atoms with Crippen molar-refractivity contribution in [3.05, 3.63) is 24.2 Å². The lowest BCUT2D eigenvalue weighted by atomic mass is 9.88. The molecule has 6 nitrogen and oxygen atoms in total. The van der Waals surface area contributed by atoms with Crippen molar-refractivity contribution in [2.24, 2.45) is 5.92 Å². The molecule has 1 aliphatic carbocycles. The van der Waals surface area contributed by atoms with E-state index in [4.69, 9.17) is 4.42 Å². The molecule has 0 aromatic carbocycles. The zero-order valence-corrected chi connectivity index (χ0v) is 11.2. The number of rotatable bonds is 5. The number of β-amino-alcohol motifs (C(OH)–C–C–N with tert-alkyl or cyclic N) is 1. The largest absolute Gasteiger partial charge is 0.459 e. The van der Waals surface area contributed by atoms with Crippen LogP contribution in [0, 0.1) is 5.92 Å². The van der Waals surface area contributed by atoms with Crippen LogP contribution in [0.4, 0.5) is 0 Å². The van der Waals surface area contributed by atoms with Crippen LogP contribution in [0.5, 0.6) is 0 Å². The Kier molecular flexibility index (Phi) is 3.25. The Labute approximate surface area is 116 Å². The van der Waals surface area contributed by atoms with E-state index in [-0.39, 0.29) is 30.5 Å². The molecule has 1 aliphatic heterocycles. The molecule has 108 valence electrons. The topological polar surface area (TPSA) is 82.8 Å². The van der Waals surface area contributed by atoms with Gasteiger partial charge in [0.1, 0.15) is 5.60 Å². The number of amides is 2. The summed E-state index contributed by atoms with van der Waals surface area (Å²) in [6.07, 6.45) is 3.81. The summed E-state index contributed by atoms with van der Waals surface area (Å²) < 4.78 is 4.95. The Hall–Kier alpha value is -1.82. The van der Waals surface area contributed by atoms with Crippen LogP contribution in [0.3, 0.4) is 0 Å². The summed E-state index contributed by atoms with van der Waals surface area (Å²) in [5, 5.41) is 12.8. The molecule has 2 heterocycles. The second-order valence-electron chi connectivity index (χ2n) is 5.61. The predicted octanol–water partition coefficient (Wildman–Crippen LogP) is 0.383. The Morgan fingerprint density at radius 1 is 1.45 bits per heavy atom. The summed E-state index contributed by atoms with van der Waals surface area (Å²) in [5.74, 6) is 0.269. The van der Waals surface area contributed by atoms with E-state index >= 15 is 0 Å². The Balaban J connectivity index is 1.37. The first-order chi connectivity index (χ1) is 9.58. The van der Waals surface area contributed by atoms with Crippen molar-refractivity contribution in [3.8, 4) is 0 Å². The van der Waals surface area contributed by atoms with E-state index in [2.05, 4.69) is 5.32 Å². The first-order valence-corrected chi connectivity index (χ1v) is 6.90. The van der Waals surface area contributed by atoms with Crippen LogP contribution in [0.1, 0.15) is 29.8 Å². The molecule has 1 aromatic rings. The lowest BCUT2D eigenvalue weighted by Gasteiger charge is -2.47. The summed E-state index contributed by atoms with van der Waals surface area (Å²) in [7, 11) is 0. The van der Waals surface area contributed by atoms with Gasteiger partial charge in [-0.25, -0.2) is 0 Å². The summed E-state index contributed by atoms with van der Waals surface area (Å²) in [4.78, 5) is 25.1. The summed E-state index contributed by atoms with van der Waals surface area (Å²) >= 11 is 0. The highest BCUT2D eigenvalue weighted by Crippen LogP contribution is 2.44. The molecule has 3 rings (SSSR count). The fourth-order valence-corrected chi connectivity index (χ4v) is 2.61. The highest BCUT2D eigenvalue weighted by atomic mass is 16.3. The molecule has 1 aromatic heterocycles. The zero-order valence-electron chi connectivity index (χ0n) is 11.2. The van der Waals surface area contributed by atoms with Crippen molar-refractivity contribution < 1.29 is 19.1 Å².